The molecule has 6 heterocycles. The van der Waals surface area contributed by atoms with E-state index in [0.717, 1.165) is 37.6 Å². The normalized spacial score (nSPS) is 24.9. The number of hydrogen-bond donors (Lipinski definition) is 3. The molecule has 1 aromatic carbocycles. The molecule has 7 rings (SSSR count). The van der Waals surface area contributed by atoms with E-state index in [4.69, 9.17) is 4.74 Å². The van der Waals surface area contributed by atoms with Crippen LogP contribution < -0.4 is 20.4 Å². The molecule has 3 N–H and O–H groups in total. The van der Waals surface area contributed by atoms with Crippen molar-refractivity contribution in [1.29, 1.82) is 0 Å². The summed E-state index contributed by atoms with van der Waals surface area (Å²) < 4.78 is 21.4. The molecule has 2 saturated heterocycles. The van der Waals surface area contributed by atoms with Gasteiger partial charge >= 0.3 is 5.97 Å². The molecular weight excluding hydrogens is 593 g/mol. The Bertz CT molecular complexity index is 1680. The first kappa shape index (κ1) is 30.8. The number of amides is 1. The number of piperazine rings is 1. The number of carboxylic acids is 1. The molecule has 0 unspecified atom stereocenters. The zero-order valence-corrected chi connectivity index (χ0v) is 26.8. The highest BCUT2D eigenvalue weighted by molar-refractivity contribution is 5.99. The maximum absolute atomic E-state index is 14.4. The Balaban J connectivity index is 1.26. The fourth-order valence-electron chi connectivity index (χ4n) is 7.44. The first-order valence-electron chi connectivity index (χ1n) is 16.1. The zero-order valence-electron chi connectivity index (χ0n) is 26.8. The fourth-order valence-corrected chi connectivity index (χ4v) is 7.44. The Kier molecular flexibility index (Phi) is 7.86. The van der Waals surface area contributed by atoms with Crippen molar-refractivity contribution in [2.45, 2.75) is 51.2 Å². The molecule has 0 bridgehead atoms. The number of carbonyl (C=O) groups excluding carboxylic acids is 1. The van der Waals surface area contributed by atoms with Gasteiger partial charge in [-0.05, 0) is 38.1 Å². The lowest BCUT2D eigenvalue weighted by atomic mass is 9.91. The highest BCUT2D eigenvalue weighted by Gasteiger charge is 2.43. The van der Waals surface area contributed by atoms with Gasteiger partial charge in [0.15, 0.2) is 5.65 Å². The lowest BCUT2D eigenvalue weighted by molar-refractivity contribution is -0.121. The minimum absolute atomic E-state index is 0.0207. The van der Waals surface area contributed by atoms with Crippen molar-refractivity contribution >= 4 is 40.3 Å². The van der Waals surface area contributed by atoms with Crippen LogP contribution in [-0.4, -0.2) is 125 Å². The van der Waals surface area contributed by atoms with Crippen LogP contribution in [0.25, 0.3) is 5.65 Å². The second-order valence-electron chi connectivity index (χ2n) is 13.7. The Morgan fingerprint density at radius 2 is 1.96 bits per heavy atom. The van der Waals surface area contributed by atoms with Crippen LogP contribution in [0.2, 0.25) is 0 Å². The summed E-state index contributed by atoms with van der Waals surface area (Å²) in [6, 6.07) is 7.22. The molecule has 2 aromatic heterocycles. The average molecular weight is 636 g/mol. The molecular formula is C32H42FN9O4. The number of carboxylic acid groups (broad SMARTS) is 1. The molecule has 246 valence electrons. The van der Waals surface area contributed by atoms with E-state index in [1.165, 1.54) is 12.1 Å². The van der Waals surface area contributed by atoms with E-state index in [9.17, 15) is 19.1 Å². The molecule has 2 fully saturated rings. The van der Waals surface area contributed by atoms with Gasteiger partial charge in [0.05, 0.1) is 48.2 Å². The van der Waals surface area contributed by atoms with Gasteiger partial charge in [0.2, 0.25) is 5.91 Å². The summed E-state index contributed by atoms with van der Waals surface area (Å²) in [5, 5.41) is 21.2. The van der Waals surface area contributed by atoms with Gasteiger partial charge in [-0.15, -0.1) is 5.10 Å². The summed E-state index contributed by atoms with van der Waals surface area (Å²) in [6.45, 7) is 14.8. The van der Waals surface area contributed by atoms with Gasteiger partial charge in [-0.3, -0.25) is 14.6 Å². The van der Waals surface area contributed by atoms with E-state index in [0.29, 0.717) is 61.6 Å². The van der Waals surface area contributed by atoms with Gasteiger partial charge in [0.1, 0.15) is 5.82 Å². The third kappa shape index (κ3) is 5.46. The number of aromatic nitrogens is 3. The first-order chi connectivity index (χ1) is 22.0. The minimum Gasteiger partial charge on any atom is -0.475 e. The van der Waals surface area contributed by atoms with Crippen LogP contribution in [0.5, 0.6) is 0 Å². The standard InChI is InChI=1S/C32H42FN9O4/c1-19-14-39(22(13-35-19)15-38-9-10-46-17-20(38)2)16-27(43)41-18-32(3,4)28-25(41)12-26(30-36-29(31(44)45)37-42(28)30)40-8-7-34-23-11-21(33)5-6-24(23)40/h5-6,11-12,19-20,22,34-35H,7-10,13-18H2,1-4H3,(H,44,45)/t19-,20-,22-/m1/s1. The third-order valence-electron chi connectivity index (χ3n) is 9.75. The number of halogens is 1. The number of rotatable bonds is 6. The molecule has 4 aliphatic heterocycles. The molecule has 0 aliphatic carbocycles. The fraction of sp³-hybridized carbons (Fsp3) is 0.562. The maximum atomic E-state index is 14.4. The number of anilines is 4. The first-order valence-corrected chi connectivity index (χ1v) is 16.1. The molecule has 4 aliphatic rings. The Labute approximate surface area is 267 Å². The number of ether oxygens (including phenoxy) is 1. The summed E-state index contributed by atoms with van der Waals surface area (Å²) in [5.41, 5.74) is 3.24. The van der Waals surface area contributed by atoms with Gasteiger partial charge < -0.3 is 30.3 Å². The number of morpholine rings is 1. The van der Waals surface area contributed by atoms with E-state index in [2.05, 4.69) is 44.4 Å². The predicted molar refractivity (Wildman–Crippen MR) is 172 cm³/mol. The molecule has 0 saturated carbocycles. The minimum atomic E-state index is -1.23. The van der Waals surface area contributed by atoms with Crippen LogP contribution in [0, 0.1) is 5.82 Å². The number of carbonyl (C=O) groups is 2. The Morgan fingerprint density at radius 1 is 1.13 bits per heavy atom. The smallest absolute Gasteiger partial charge is 0.375 e. The van der Waals surface area contributed by atoms with Crippen LogP contribution in [-0.2, 0) is 14.9 Å². The topological polar surface area (TPSA) is 131 Å². The largest absolute Gasteiger partial charge is 0.475 e. The Morgan fingerprint density at radius 3 is 2.74 bits per heavy atom. The van der Waals surface area contributed by atoms with Crippen LogP contribution in [0.15, 0.2) is 24.3 Å². The van der Waals surface area contributed by atoms with Crippen LogP contribution in [0.1, 0.15) is 44.0 Å². The molecule has 3 atom stereocenters. The number of fused-ring (bicyclic) bond motifs is 4. The third-order valence-corrected chi connectivity index (χ3v) is 9.75. The molecule has 3 aromatic rings. The van der Waals surface area contributed by atoms with Crippen molar-refractivity contribution in [1.82, 2.24) is 29.7 Å². The second kappa shape index (κ2) is 11.7. The van der Waals surface area contributed by atoms with Crippen LogP contribution in [0.4, 0.5) is 27.1 Å². The van der Waals surface area contributed by atoms with Gasteiger partial charge in [-0.2, -0.15) is 4.98 Å². The number of pyridine rings is 1. The van der Waals surface area contributed by atoms with Crippen molar-refractivity contribution in [2.24, 2.45) is 0 Å². The SMILES string of the molecule is C[C@@H]1CN(CC(=O)N2CC(C)(C)c3c2cc(N2CCNc4cc(F)ccc42)c2nc(C(=O)O)nn32)[C@@H](CN2CCOC[C@H]2C)CN1. The molecule has 0 spiro atoms. The van der Waals surface area contributed by atoms with Gasteiger partial charge in [-0.25, -0.2) is 13.7 Å². The van der Waals surface area contributed by atoms with Crippen molar-refractivity contribution in [3.63, 3.8) is 0 Å². The van der Waals surface area contributed by atoms with Crippen molar-refractivity contribution < 1.29 is 23.8 Å². The number of aromatic carboxylic acids is 1. The quantitative estimate of drug-likeness (QED) is 0.368. The summed E-state index contributed by atoms with van der Waals surface area (Å²) in [5.74, 6) is -1.93. The highest BCUT2D eigenvalue weighted by atomic mass is 19.1. The summed E-state index contributed by atoms with van der Waals surface area (Å²) in [4.78, 5) is 39.5. The summed E-state index contributed by atoms with van der Waals surface area (Å²) >= 11 is 0. The lowest BCUT2D eigenvalue weighted by Crippen LogP contribution is -2.62. The lowest BCUT2D eigenvalue weighted by Gasteiger charge is -2.43. The van der Waals surface area contributed by atoms with E-state index < -0.39 is 11.4 Å². The molecule has 1 amide bonds. The number of benzene rings is 1. The van der Waals surface area contributed by atoms with E-state index >= 15 is 0 Å². The monoisotopic (exact) mass is 635 g/mol. The molecule has 14 heteroatoms. The zero-order chi connectivity index (χ0) is 32.3. The molecule has 13 nitrogen and oxygen atoms in total. The maximum Gasteiger partial charge on any atom is 0.375 e. The van der Waals surface area contributed by atoms with E-state index in [1.54, 1.807) is 10.6 Å². The van der Waals surface area contributed by atoms with Gasteiger partial charge in [0.25, 0.3) is 5.82 Å². The van der Waals surface area contributed by atoms with Crippen molar-refractivity contribution in [3.8, 4) is 0 Å². The summed E-state index contributed by atoms with van der Waals surface area (Å²) in [7, 11) is 0. The predicted octanol–water partition coefficient (Wildman–Crippen LogP) is 2.14. The van der Waals surface area contributed by atoms with Crippen molar-refractivity contribution in [2.75, 3.05) is 80.7 Å². The molecule has 46 heavy (non-hydrogen) atoms. The van der Waals surface area contributed by atoms with Crippen molar-refractivity contribution in [3.05, 3.63) is 41.6 Å². The average Bonchev–Trinajstić information content (AvgIpc) is 3.57. The highest BCUT2D eigenvalue weighted by Crippen LogP contribution is 2.46. The second-order valence-corrected chi connectivity index (χ2v) is 13.7. The Hall–Kier alpha value is -3.85. The van der Waals surface area contributed by atoms with Crippen LogP contribution in [0.3, 0.4) is 0 Å². The van der Waals surface area contributed by atoms with E-state index in [1.807, 2.05) is 29.7 Å². The summed E-state index contributed by atoms with van der Waals surface area (Å²) in [6.07, 6.45) is 0. The van der Waals surface area contributed by atoms with Gasteiger partial charge in [0, 0.05) is 69.4 Å². The number of nitrogens with one attached hydrogen (secondary N) is 2. The number of nitrogens with zero attached hydrogens (tertiary/aromatic N) is 7. The molecule has 0 radical (unpaired) electrons. The van der Waals surface area contributed by atoms with E-state index in [-0.39, 0.29) is 36.2 Å². The van der Waals surface area contributed by atoms with Gasteiger partial charge in [-0.1, -0.05) is 13.8 Å². The number of hydrogen-bond acceptors (Lipinski definition) is 10. The van der Waals surface area contributed by atoms with Crippen LogP contribution >= 0.6 is 0 Å².